The summed E-state index contributed by atoms with van der Waals surface area (Å²) in [5.41, 5.74) is 4.55. The van der Waals surface area contributed by atoms with E-state index in [1.54, 1.807) is 12.4 Å². The second kappa shape index (κ2) is 12.2. The maximum Gasteiger partial charge on any atom is 0.138 e. The van der Waals surface area contributed by atoms with Gasteiger partial charge in [0.2, 0.25) is 0 Å². The standard InChI is InChI=1S/C28H32Cl2N4O2/c29-27-21(13-25(15-33-27)35-17-23-9-11-31-23)7-5-19-1-2-20(4-3-19)6-8-22-14-26(16-34-28(22)30)36-18-24-10-12-32-24/h1-4,13-16,23-24,31-32H,5-12,17-18H2/t23-,24?/m0/s1. The van der Waals surface area contributed by atoms with Crippen LogP contribution in [0.3, 0.4) is 0 Å². The topological polar surface area (TPSA) is 68.3 Å². The molecular weight excluding hydrogens is 495 g/mol. The molecule has 6 nitrogen and oxygen atoms in total. The molecule has 2 aliphatic heterocycles. The van der Waals surface area contributed by atoms with Crippen LogP contribution in [0.1, 0.15) is 35.1 Å². The van der Waals surface area contributed by atoms with Gasteiger partial charge in [0, 0.05) is 12.1 Å². The fourth-order valence-electron chi connectivity index (χ4n) is 4.26. The van der Waals surface area contributed by atoms with E-state index in [4.69, 9.17) is 32.7 Å². The number of hydrogen-bond donors (Lipinski definition) is 2. The largest absolute Gasteiger partial charge is 0.490 e. The SMILES string of the molecule is Clc1ncc(OCC2CCN2)cc1CCc1ccc(CCc2cc(OC[C@@H]3CCN3)cnc2Cl)cc1. The van der Waals surface area contributed by atoms with Gasteiger partial charge in [0.25, 0.3) is 0 Å². The van der Waals surface area contributed by atoms with Gasteiger partial charge >= 0.3 is 0 Å². The first-order chi connectivity index (χ1) is 17.6. The molecule has 1 aromatic carbocycles. The van der Waals surface area contributed by atoms with E-state index in [2.05, 4.69) is 44.9 Å². The van der Waals surface area contributed by atoms with E-state index in [-0.39, 0.29) is 0 Å². The highest BCUT2D eigenvalue weighted by molar-refractivity contribution is 6.30. The molecule has 2 atom stereocenters. The lowest BCUT2D eigenvalue weighted by Crippen LogP contribution is -2.46. The Balaban J connectivity index is 1.11. The van der Waals surface area contributed by atoms with Gasteiger partial charge in [-0.3, -0.25) is 0 Å². The number of hydrogen-bond acceptors (Lipinski definition) is 6. The highest BCUT2D eigenvalue weighted by atomic mass is 35.5. The van der Waals surface area contributed by atoms with Crippen molar-refractivity contribution >= 4 is 23.2 Å². The van der Waals surface area contributed by atoms with E-state index in [9.17, 15) is 0 Å². The van der Waals surface area contributed by atoms with Gasteiger partial charge in [-0.2, -0.15) is 0 Å². The summed E-state index contributed by atoms with van der Waals surface area (Å²) in [7, 11) is 0. The van der Waals surface area contributed by atoms with Gasteiger partial charge in [-0.25, -0.2) is 9.97 Å². The number of pyridine rings is 2. The number of halogens is 2. The maximum atomic E-state index is 6.35. The lowest BCUT2D eigenvalue weighted by molar-refractivity contribution is 0.217. The number of aryl methyl sites for hydroxylation is 4. The Morgan fingerprint density at radius 1 is 0.694 bits per heavy atom. The monoisotopic (exact) mass is 526 g/mol. The second-order valence-corrected chi connectivity index (χ2v) is 10.3. The summed E-state index contributed by atoms with van der Waals surface area (Å²) in [4.78, 5) is 8.63. The normalized spacial score (nSPS) is 18.8. The third-order valence-corrected chi connectivity index (χ3v) is 7.60. The summed E-state index contributed by atoms with van der Waals surface area (Å²) in [5, 5.41) is 7.77. The lowest BCUT2D eigenvalue weighted by Gasteiger charge is -2.27. The average Bonchev–Trinajstić information content (AvgIpc) is 2.83. The van der Waals surface area contributed by atoms with Crippen LogP contribution in [0.25, 0.3) is 0 Å². The highest BCUT2D eigenvalue weighted by Crippen LogP contribution is 2.23. The molecule has 4 heterocycles. The van der Waals surface area contributed by atoms with Crippen LogP contribution >= 0.6 is 23.2 Å². The van der Waals surface area contributed by atoms with Crippen molar-refractivity contribution in [2.24, 2.45) is 0 Å². The Hall–Kier alpha value is -2.38. The highest BCUT2D eigenvalue weighted by Gasteiger charge is 2.18. The summed E-state index contributed by atoms with van der Waals surface area (Å²) >= 11 is 12.7. The number of rotatable bonds is 12. The Morgan fingerprint density at radius 3 is 1.47 bits per heavy atom. The van der Waals surface area contributed by atoms with Gasteiger partial charge < -0.3 is 20.1 Å². The number of ether oxygens (including phenoxy) is 2. The third kappa shape index (κ3) is 6.88. The quantitative estimate of drug-likeness (QED) is 0.329. The van der Waals surface area contributed by atoms with Crippen molar-refractivity contribution in [3.8, 4) is 11.5 Å². The van der Waals surface area contributed by atoms with Crippen molar-refractivity contribution in [1.29, 1.82) is 0 Å². The molecule has 3 aromatic rings. The van der Waals surface area contributed by atoms with Crippen LogP contribution in [0, 0.1) is 0 Å². The molecule has 0 aliphatic carbocycles. The number of aromatic nitrogens is 2. The van der Waals surface area contributed by atoms with Gasteiger partial charge in [0.15, 0.2) is 0 Å². The summed E-state index contributed by atoms with van der Waals surface area (Å²) in [6.07, 6.45) is 9.13. The first-order valence-corrected chi connectivity index (χ1v) is 13.5. The first-order valence-electron chi connectivity index (χ1n) is 12.7. The fraction of sp³-hybridized carbons (Fsp3) is 0.429. The summed E-state index contributed by atoms with van der Waals surface area (Å²) < 4.78 is 11.8. The van der Waals surface area contributed by atoms with Gasteiger partial charge in [-0.05, 0) is 86.0 Å². The van der Waals surface area contributed by atoms with Gasteiger partial charge in [-0.15, -0.1) is 0 Å². The number of nitrogens with one attached hydrogen (secondary N) is 2. The second-order valence-electron chi connectivity index (χ2n) is 9.56. The van der Waals surface area contributed by atoms with Gasteiger partial charge in [0.05, 0.1) is 12.4 Å². The molecule has 2 aromatic heterocycles. The molecule has 5 rings (SSSR count). The molecule has 2 N–H and O–H groups in total. The molecule has 0 saturated carbocycles. The smallest absolute Gasteiger partial charge is 0.138 e. The van der Waals surface area contributed by atoms with Crippen molar-refractivity contribution in [2.45, 2.75) is 50.6 Å². The molecular formula is C28H32Cl2N4O2. The maximum absolute atomic E-state index is 6.35. The summed E-state index contributed by atoms with van der Waals surface area (Å²) in [6, 6.07) is 13.7. The van der Waals surface area contributed by atoms with E-state index < -0.39 is 0 Å². The predicted octanol–water partition coefficient (Wildman–Crippen LogP) is 4.84. The molecule has 0 amide bonds. The third-order valence-electron chi connectivity index (χ3n) is 6.92. The van der Waals surface area contributed by atoms with Crippen LogP contribution in [0.15, 0.2) is 48.8 Å². The van der Waals surface area contributed by atoms with Gasteiger partial charge in [0.1, 0.15) is 35.0 Å². The van der Waals surface area contributed by atoms with Crippen LogP contribution in [-0.4, -0.2) is 48.4 Å². The molecule has 2 saturated heterocycles. The van der Waals surface area contributed by atoms with Crippen LogP contribution < -0.4 is 20.1 Å². The molecule has 0 radical (unpaired) electrons. The Labute approximate surface area is 222 Å². The minimum Gasteiger partial charge on any atom is -0.490 e. The van der Waals surface area contributed by atoms with Crippen LogP contribution in [0.2, 0.25) is 10.3 Å². The van der Waals surface area contributed by atoms with E-state index in [1.165, 1.54) is 11.1 Å². The fourth-order valence-corrected chi connectivity index (χ4v) is 4.65. The van der Waals surface area contributed by atoms with Crippen molar-refractivity contribution in [3.63, 3.8) is 0 Å². The zero-order valence-electron chi connectivity index (χ0n) is 20.3. The van der Waals surface area contributed by atoms with Crippen molar-refractivity contribution < 1.29 is 9.47 Å². The summed E-state index contributed by atoms with van der Waals surface area (Å²) in [6.45, 7) is 3.48. The van der Waals surface area contributed by atoms with Crippen LogP contribution in [-0.2, 0) is 25.7 Å². The Bertz CT molecular complexity index is 1060. The first kappa shape index (κ1) is 25.3. The average molecular weight is 527 g/mol. The molecule has 0 spiro atoms. The minimum absolute atomic E-state index is 0.446. The summed E-state index contributed by atoms with van der Waals surface area (Å²) in [5.74, 6) is 1.56. The van der Waals surface area contributed by atoms with Crippen molar-refractivity contribution in [1.82, 2.24) is 20.6 Å². The van der Waals surface area contributed by atoms with E-state index in [0.29, 0.717) is 35.6 Å². The number of nitrogens with zero attached hydrogens (tertiary/aromatic N) is 2. The molecule has 8 heteroatoms. The van der Waals surface area contributed by atoms with E-state index >= 15 is 0 Å². The lowest BCUT2D eigenvalue weighted by atomic mass is 10.0. The number of benzene rings is 1. The molecule has 190 valence electrons. The van der Waals surface area contributed by atoms with Crippen molar-refractivity contribution in [2.75, 3.05) is 26.3 Å². The molecule has 1 unspecified atom stereocenters. The van der Waals surface area contributed by atoms with Crippen molar-refractivity contribution in [3.05, 3.63) is 81.4 Å². The zero-order valence-corrected chi connectivity index (χ0v) is 21.8. The molecule has 0 bridgehead atoms. The van der Waals surface area contributed by atoms with Crippen LogP contribution in [0.5, 0.6) is 11.5 Å². The molecule has 36 heavy (non-hydrogen) atoms. The van der Waals surface area contributed by atoms with Gasteiger partial charge in [-0.1, -0.05) is 47.5 Å². The zero-order chi connectivity index (χ0) is 24.7. The molecule has 2 aliphatic rings. The predicted molar refractivity (Wildman–Crippen MR) is 144 cm³/mol. The molecule has 2 fully saturated rings. The van der Waals surface area contributed by atoms with E-state index in [0.717, 1.165) is 74.2 Å². The van der Waals surface area contributed by atoms with E-state index in [1.807, 2.05) is 12.1 Å². The van der Waals surface area contributed by atoms with Crippen LogP contribution in [0.4, 0.5) is 0 Å². The Morgan fingerprint density at radius 2 is 1.11 bits per heavy atom. The Kier molecular flexibility index (Phi) is 8.59. The minimum atomic E-state index is 0.446.